The minimum Gasteiger partial charge on any atom is -0.311 e. The molecule has 1 aromatic rings. The maximum absolute atomic E-state index is 3.91. The maximum Gasteiger partial charge on any atom is 0.0210 e. The van der Waals surface area contributed by atoms with Crippen molar-refractivity contribution in [3.05, 3.63) is 34.3 Å². The van der Waals surface area contributed by atoms with E-state index in [0.717, 1.165) is 18.0 Å². The topological polar surface area (TPSA) is 12.0 Å². The second kappa shape index (κ2) is 5.21. The fourth-order valence-corrected chi connectivity index (χ4v) is 4.34. The summed E-state index contributed by atoms with van der Waals surface area (Å²) in [5.41, 5.74) is 1.99. The molecule has 19 heavy (non-hydrogen) atoms. The summed E-state index contributed by atoms with van der Waals surface area (Å²) in [4.78, 5) is 0. The first-order chi connectivity index (χ1) is 9.06. The number of halogens is 1. The molecule has 0 radical (unpaired) electrons. The Kier molecular flexibility index (Phi) is 3.74. The highest BCUT2D eigenvalue weighted by molar-refractivity contribution is 9.10. The minimum atomic E-state index is 0.498. The third kappa shape index (κ3) is 2.75. The van der Waals surface area contributed by atoms with Gasteiger partial charge in [0.15, 0.2) is 0 Å². The van der Waals surface area contributed by atoms with Crippen LogP contribution in [0.25, 0.3) is 0 Å². The molecular weight excluding hydrogens is 298 g/mol. The monoisotopic (exact) mass is 321 g/mol. The highest BCUT2D eigenvalue weighted by Gasteiger charge is 2.39. The normalized spacial score (nSPS) is 33.1. The van der Waals surface area contributed by atoms with Crippen molar-refractivity contribution >= 4 is 15.9 Å². The van der Waals surface area contributed by atoms with Crippen molar-refractivity contribution in [1.29, 1.82) is 0 Å². The van der Waals surface area contributed by atoms with Crippen LogP contribution < -0.4 is 5.32 Å². The smallest absolute Gasteiger partial charge is 0.0210 e. The van der Waals surface area contributed by atoms with Gasteiger partial charge in [-0.15, -0.1) is 0 Å². The predicted molar refractivity (Wildman–Crippen MR) is 84.5 cm³/mol. The molecule has 0 bridgehead atoms. The Labute approximate surface area is 125 Å². The summed E-state index contributed by atoms with van der Waals surface area (Å²) in [6.07, 6.45) is 6.74. The second-order valence-electron chi connectivity index (χ2n) is 6.99. The Morgan fingerprint density at radius 3 is 2.58 bits per heavy atom. The molecule has 2 aliphatic carbocycles. The molecule has 2 heteroatoms. The maximum atomic E-state index is 3.91. The molecule has 1 aromatic carbocycles. The summed E-state index contributed by atoms with van der Waals surface area (Å²) in [5, 5.41) is 3.91. The lowest BCUT2D eigenvalue weighted by Gasteiger charge is -2.41. The fraction of sp³-hybridized carbons (Fsp3) is 0.647. The first kappa shape index (κ1) is 13.6. The zero-order chi connectivity index (χ0) is 13.5. The van der Waals surface area contributed by atoms with E-state index in [1.54, 1.807) is 0 Å². The van der Waals surface area contributed by atoms with E-state index >= 15 is 0 Å². The standard InChI is InChI=1S/C17H24BrN/c1-17(2)9-5-8-16(17)19-13-10-12(11-13)14-6-3-4-7-15(14)18/h3-4,6-7,12-13,16,19H,5,8-11H2,1-2H3. The number of rotatable bonds is 3. The van der Waals surface area contributed by atoms with E-state index in [2.05, 4.69) is 59.4 Å². The van der Waals surface area contributed by atoms with Crippen LogP contribution in [0.2, 0.25) is 0 Å². The molecule has 0 saturated heterocycles. The molecular formula is C17H24BrN. The molecule has 3 rings (SSSR count). The van der Waals surface area contributed by atoms with Crippen molar-refractivity contribution in [2.45, 2.75) is 64.0 Å². The summed E-state index contributed by atoms with van der Waals surface area (Å²) >= 11 is 3.68. The number of nitrogens with one attached hydrogen (secondary N) is 1. The second-order valence-corrected chi connectivity index (χ2v) is 7.84. The van der Waals surface area contributed by atoms with Crippen LogP contribution in [0.5, 0.6) is 0 Å². The molecule has 2 saturated carbocycles. The Balaban J connectivity index is 1.55. The van der Waals surface area contributed by atoms with Crippen molar-refractivity contribution in [3.8, 4) is 0 Å². The highest BCUT2D eigenvalue weighted by Crippen LogP contribution is 2.43. The van der Waals surface area contributed by atoms with Crippen LogP contribution >= 0.6 is 15.9 Å². The lowest BCUT2D eigenvalue weighted by atomic mass is 9.74. The van der Waals surface area contributed by atoms with Gasteiger partial charge in [-0.25, -0.2) is 0 Å². The van der Waals surface area contributed by atoms with Gasteiger partial charge in [0.25, 0.3) is 0 Å². The van der Waals surface area contributed by atoms with E-state index < -0.39 is 0 Å². The van der Waals surface area contributed by atoms with Gasteiger partial charge < -0.3 is 5.32 Å². The van der Waals surface area contributed by atoms with Gasteiger partial charge in [-0.1, -0.05) is 54.4 Å². The summed E-state index contributed by atoms with van der Waals surface area (Å²) in [6.45, 7) is 4.84. The van der Waals surface area contributed by atoms with Crippen molar-refractivity contribution in [2.24, 2.45) is 5.41 Å². The summed E-state index contributed by atoms with van der Waals surface area (Å²) in [7, 11) is 0. The molecule has 0 heterocycles. The Bertz CT molecular complexity index is 448. The van der Waals surface area contributed by atoms with Gasteiger partial charge in [-0.2, -0.15) is 0 Å². The number of hydrogen-bond acceptors (Lipinski definition) is 1. The third-order valence-electron chi connectivity index (χ3n) is 5.18. The fourth-order valence-electron chi connectivity index (χ4n) is 3.73. The van der Waals surface area contributed by atoms with Crippen LogP contribution in [0.1, 0.15) is 57.4 Å². The Hall–Kier alpha value is -0.340. The summed E-state index contributed by atoms with van der Waals surface area (Å²) < 4.78 is 1.28. The van der Waals surface area contributed by atoms with E-state index in [1.165, 1.54) is 42.1 Å². The molecule has 1 atom stereocenters. The molecule has 0 aliphatic heterocycles. The third-order valence-corrected chi connectivity index (χ3v) is 5.90. The SMILES string of the molecule is CC1(C)CCCC1NC1CC(c2ccccc2Br)C1. The van der Waals surface area contributed by atoms with Gasteiger partial charge >= 0.3 is 0 Å². The van der Waals surface area contributed by atoms with Crippen LogP contribution in [0.3, 0.4) is 0 Å². The molecule has 104 valence electrons. The van der Waals surface area contributed by atoms with Crippen molar-refractivity contribution in [3.63, 3.8) is 0 Å². The van der Waals surface area contributed by atoms with Crippen molar-refractivity contribution in [1.82, 2.24) is 5.32 Å². The first-order valence-corrected chi connectivity index (χ1v) is 8.36. The molecule has 2 aliphatic rings. The van der Waals surface area contributed by atoms with E-state index in [9.17, 15) is 0 Å². The molecule has 0 aromatic heterocycles. The van der Waals surface area contributed by atoms with Crippen molar-refractivity contribution < 1.29 is 0 Å². The minimum absolute atomic E-state index is 0.498. The van der Waals surface area contributed by atoms with Crippen LogP contribution in [0.15, 0.2) is 28.7 Å². The molecule has 1 unspecified atom stereocenters. The van der Waals surface area contributed by atoms with Gasteiger partial charge in [0.2, 0.25) is 0 Å². The van der Waals surface area contributed by atoms with Gasteiger partial charge in [-0.3, -0.25) is 0 Å². The van der Waals surface area contributed by atoms with E-state index in [4.69, 9.17) is 0 Å². The summed E-state index contributed by atoms with van der Waals surface area (Å²) in [5.74, 6) is 0.748. The largest absolute Gasteiger partial charge is 0.311 e. The van der Waals surface area contributed by atoms with E-state index in [1.807, 2.05) is 0 Å². The highest BCUT2D eigenvalue weighted by atomic mass is 79.9. The Morgan fingerprint density at radius 2 is 1.95 bits per heavy atom. The molecule has 1 N–H and O–H groups in total. The zero-order valence-electron chi connectivity index (χ0n) is 12.0. The average molecular weight is 322 g/mol. The quantitative estimate of drug-likeness (QED) is 0.838. The van der Waals surface area contributed by atoms with Crippen LogP contribution in [0, 0.1) is 5.41 Å². The number of hydrogen-bond donors (Lipinski definition) is 1. The predicted octanol–water partition coefficient (Wildman–Crippen LogP) is 4.86. The molecule has 0 spiro atoms. The van der Waals surface area contributed by atoms with E-state index in [-0.39, 0.29) is 0 Å². The molecule has 2 fully saturated rings. The zero-order valence-corrected chi connectivity index (χ0v) is 13.5. The number of benzene rings is 1. The lowest BCUT2D eigenvalue weighted by molar-refractivity contribution is 0.202. The van der Waals surface area contributed by atoms with E-state index in [0.29, 0.717) is 5.41 Å². The van der Waals surface area contributed by atoms with Crippen LogP contribution in [0.4, 0.5) is 0 Å². The van der Waals surface area contributed by atoms with Crippen molar-refractivity contribution in [2.75, 3.05) is 0 Å². The van der Waals surface area contributed by atoms with Gasteiger partial charge in [0.05, 0.1) is 0 Å². The van der Waals surface area contributed by atoms with Gasteiger partial charge in [0.1, 0.15) is 0 Å². The summed E-state index contributed by atoms with van der Waals surface area (Å²) in [6, 6.07) is 10.2. The molecule has 0 amide bonds. The van der Waals surface area contributed by atoms with Crippen LogP contribution in [-0.2, 0) is 0 Å². The van der Waals surface area contributed by atoms with Gasteiger partial charge in [-0.05, 0) is 48.6 Å². The average Bonchev–Trinajstić information content (AvgIpc) is 2.64. The first-order valence-electron chi connectivity index (χ1n) is 7.57. The van der Waals surface area contributed by atoms with Gasteiger partial charge in [0, 0.05) is 16.6 Å². The Morgan fingerprint density at radius 1 is 1.21 bits per heavy atom. The molecule has 1 nitrogen and oxygen atoms in total. The van der Waals surface area contributed by atoms with Crippen LogP contribution in [-0.4, -0.2) is 12.1 Å². The lowest BCUT2D eigenvalue weighted by Crippen LogP contribution is -2.49.